The van der Waals surface area contributed by atoms with Crippen LogP contribution in [0, 0.1) is 0 Å². The van der Waals surface area contributed by atoms with E-state index in [2.05, 4.69) is 5.32 Å². The molecule has 7 heteroatoms. The standard InChI is InChI=1S/C13H18N2O4S/c1-10(16)11-4-2-5-12(8-11)20(18,19)15-7-3-6-14-13(17)9-15/h2,4-5,8,10,16H,3,6-7,9H2,1H3,(H,14,17). The predicted molar refractivity (Wildman–Crippen MR) is 73.5 cm³/mol. The topological polar surface area (TPSA) is 86.7 Å². The number of aliphatic hydroxyl groups is 1. The van der Waals surface area contributed by atoms with E-state index in [1.54, 1.807) is 19.1 Å². The van der Waals surface area contributed by atoms with Gasteiger partial charge in [0.25, 0.3) is 0 Å². The summed E-state index contributed by atoms with van der Waals surface area (Å²) in [4.78, 5) is 11.6. The average molecular weight is 298 g/mol. The average Bonchev–Trinajstić information content (AvgIpc) is 2.64. The molecule has 1 aromatic carbocycles. The molecule has 0 spiro atoms. The minimum absolute atomic E-state index is 0.102. The Kier molecular flexibility index (Phi) is 4.42. The molecule has 1 atom stereocenters. The van der Waals surface area contributed by atoms with Gasteiger partial charge in [-0.05, 0) is 31.0 Å². The molecule has 2 N–H and O–H groups in total. The van der Waals surface area contributed by atoms with E-state index >= 15 is 0 Å². The largest absolute Gasteiger partial charge is 0.389 e. The summed E-state index contributed by atoms with van der Waals surface area (Å²) >= 11 is 0. The Morgan fingerprint density at radius 3 is 2.85 bits per heavy atom. The Morgan fingerprint density at radius 2 is 2.15 bits per heavy atom. The van der Waals surface area contributed by atoms with Crippen LogP contribution < -0.4 is 5.32 Å². The fraction of sp³-hybridized carbons (Fsp3) is 0.462. The van der Waals surface area contributed by atoms with Gasteiger partial charge in [0.05, 0.1) is 17.5 Å². The van der Waals surface area contributed by atoms with Crippen molar-refractivity contribution in [1.29, 1.82) is 0 Å². The van der Waals surface area contributed by atoms with Gasteiger partial charge in [0, 0.05) is 13.1 Å². The Balaban J connectivity index is 2.33. The summed E-state index contributed by atoms with van der Waals surface area (Å²) < 4.78 is 26.2. The van der Waals surface area contributed by atoms with Gasteiger partial charge in [0.15, 0.2) is 0 Å². The molecule has 1 unspecified atom stereocenters. The smallest absolute Gasteiger partial charge is 0.243 e. The Labute approximate surface area is 118 Å². The number of rotatable bonds is 3. The number of benzene rings is 1. The summed E-state index contributed by atoms with van der Waals surface area (Å²) in [6, 6.07) is 6.18. The normalized spacial score (nSPS) is 19.2. The molecule has 1 heterocycles. The maximum Gasteiger partial charge on any atom is 0.243 e. The Morgan fingerprint density at radius 1 is 1.40 bits per heavy atom. The van der Waals surface area contributed by atoms with Gasteiger partial charge in [-0.15, -0.1) is 0 Å². The van der Waals surface area contributed by atoms with Crippen LogP contribution in [0.4, 0.5) is 0 Å². The van der Waals surface area contributed by atoms with Crippen molar-refractivity contribution in [3.05, 3.63) is 29.8 Å². The van der Waals surface area contributed by atoms with Crippen molar-refractivity contribution in [2.45, 2.75) is 24.3 Å². The highest BCUT2D eigenvalue weighted by Gasteiger charge is 2.28. The maximum absolute atomic E-state index is 12.5. The van der Waals surface area contributed by atoms with Crippen LogP contribution in [0.15, 0.2) is 29.2 Å². The van der Waals surface area contributed by atoms with Gasteiger partial charge in [0.1, 0.15) is 0 Å². The van der Waals surface area contributed by atoms with Crippen LogP contribution in [0.5, 0.6) is 0 Å². The van der Waals surface area contributed by atoms with Crippen LogP contribution >= 0.6 is 0 Å². The molecule has 0 aliphatic carbocycles. The summed E-state index contributed by atoms with van der Waals surface area (Å²) in [5, 5.41) is 12.2. The second kappa shape index (κ2) is 5.90. The number of carbonyl (C=O) groups is 1. The number of nitrogens with zero attached hydrogens (tertiary/aromatic N) is 1. The summed E-state index contributed by atoms with van der Waals surface area (Å²) in [7, 11) is -3.71. The van der Waals surface area contributed by atoms with Crippen molar-refractivity contribution in [3.63, 3.8) is 0 Å². The lowest BCUT2D eigenvalue weighted by Gasteiger charge is -2.19. The lowest BCUT2D eigenvalue weighted by atomic mass is 10.1. The molecular formula is C13H18N2O4S. The number of nitrogens with one attached hydrogen (secondary N) is 1. The first-order valence-electron chi connectivity index (χ1n) is 6.46. The first-order valence-corrected chi connectivity index (χ1v) is 7.90. The van der Waals surface area contributed by atoms with Gasteiger partial charge < -0.3 is 10.4 Å². The highest BCUT2D eigenvalue weighted by Crippen LogP contribution is 2.21. The molecule has 1 amide bonds. The monoisotopic (exact) mass is 298 g/mol. The summed E-state index contributed by atoms with van der Waals surface area (Å²) in [5.41, 5.74) is 0.533. The van der Waals surface area contributed by atoms with Crippen LogP contribution in [0.25, 0.3) is 0 Å². The van der Waals surface area contributed by atoms with E-state index in [4.69, 9.17) is 0 Å². The van der Waals surface area contributed by atoms with E-state index in [1.165, 1.54) is 16.4 Å². The maximum atomic E-state index is 12.5. The van der Waals surface area contributed by atoms with Crippen molar-refractivity contribution in [2.24, 2.45) is 0 Å². The highest BCUT2D eigenvalue weighted by molar-refractivity contribution is 7.89. The predicted octanol–water partition coefficient (Wildman–Crippen LogP) is 0.250. The van der Waals surface area contributed by atoms with Gasteiger partial charge >= 0.3 is 0 Å². The van der Waals surface area contributed by atoms with E-state index in [0.717, 1.165) is 0 Å². The number of amides is 1. The lowest BCUT2D eigenvalue weighted by molar-refractivity contribution is -0.120. The molecule has 0 saturated carbocycles. The van der Waals surface area contributed by atoms with Gasteiger partial charge in [-0.2, -0.15) is 4.31 Å². The van der Waals surface area contributed by atoms with E-state index in [-0.39, 0.29) is 17.3 Å². The van der Waals surface area contributed by atoms with Crippen molar-refractivity contribution in [3.8, 4) is 0 Å². The van der Waals surface area contributed by atoms with E-state index in [9.17, 15) is 18.3 Å². The fourth-order valence-corrected chi connectivity index (χ4v) is 3.56. The molecule has 1 aliphatic rings. The fourth-order valence-electron chi connectivity index (χ4n) is 2.07. The second-order valence-electron chi connectivity index (χ2n) is 4.79. The molecular weight excluding hydrogens is 280 g/mol. The number of carbonyl (C=O) groups excluding carboxylic acids is 1. The Hall–Kier alpha value is -1.44. The molecule has 1 fully saturated rings. The minimum atomic E-state index is -3.71. The zero-order chi connectivity index (χ0) is 14.8. The Bertz CT molecular complexity index is 598. The molecule has 1 saturated heterocycles. The molecule has 6 nitrogen and oxygen atoms in total. The van der Waals surface area contributed by atoms with Crippen LogP contribution in [0.2, 0.25) is 0 Å². The number of sulfonamides is 1. The summed E-state index contributed by atoms with van der Waals surface area (Å²) in [6.45, 7) is 2.20. The molecule has 0 radical (unpaired) electrons. The SMILES string of the molecule is CC(O)c1cccc(S(=O)(=O)N2CCCNC(=O)C2)c1. The minimum Gasteiger partial charge on any atom is -0.389 e. The first-order chi connectivity index (χ1) is 9.41. The zero-order valence-electron chi connectivity index (χ0n) is 11.2. The third-order valence-corrected chi connectivity index (χ3v) is 5.05. The molecule has 2 rings (SSSR count). The number of aliphatic hydroxyl groups excluding tert-OH is 1. The lowest BCUT2D eigenvalue weighted by Crippen LogP contribution is -2.37. The van der Waals surface area contributed by atoms with Crippen LogP contribution in [0.3, 0.4) is 0 Å². The van der Waals surface area contributed by atoms with Crippen LogP contribution in [-0.2, 0) is 14.8 Å². The number of hydrogen-bond acceptors (Lipinski definition) is 4. The van der Waals surface area contributed by atoms with Crippen molar-refractivity contribution in [1.82, 2.24) is 9.62 Å². The highest BCUT2D eigenvalue weighted by atomic mass is 32.2. The molecule has 110 valence electrons. The van der Waals surface area contributed by atoms with Gasteiger partial charge in [-0.3, -0.25) is 4.79 Å². The quantitative estimate of drug-likeness (QED) is 0.837. The zero-order valence-corrected chi connectivity index (χ0v) is 12.1. The van der Waals surface area contributed by atoms with Gasteiger partial charge in [-0.1, -0.05) is 12.1 Å². The van der Waals surface area contributed by atoms with Crippen LogP contribution in [0.1, 0.15) is 25.0 Å². The van der Waals surface area contributed by atoms with Gasteiger partial charge in [-0.25, -0.2) is 8.42 Å². The second-order valence-corrected chi connectivity index (χ2v) is 6.73. The molecule has 0 bridgehead atoms. The van der Waals surface area contributed by atoms with Gasteiger partial charge in [0.2, 0.25) is 15.9 Å². The molecule has 1 aromatic rings. The van der Waals surface area contributed by atoms with E-state index in [1.807, 2.05) is 0 Å². The third-order valence-electron chi connectivity index (χ3n) is 3.20. The molecule has 0 aromatic heterocycles. The van der Waals surface area contributed by atoms with Crippen molar-refractivity contribution in [2.75, 3.05) is 19.6 Å². The first kappa shape index (κ1) is 15.0. The van der Waals surface area contributed by atoms with Crippen molar-refractivity contribution >= 4 is 15.9 Å². The van der Waals surface area contributed by atoms with Crippen LogP contribution in [-0.4, -0.2) is 43.4 Å². The molecule has 1 aliphatic heterocycles. The number of hydrogen-bond donors (Lipinski definition) is 2. The third kappa shape index (κ3) is 3.17. The summed E-state index contributed by atoms with van der Waals surface area (Å²) in [5.74, 6) is -0.294. The molecule has 20 heavy (non-hydrogen) atoms. The summed E-state index contributed by atoms with van der Waals surface area (Å²) in [6.07, 6.45) is -0.154. The van der Waals surface area contributed by atoms with Crippen molar-refractivity contribution < 1.29 is 18.3 Å². The van der Waals surface area contributed by atoms with E-state index < -0.39 is 16.1 Å². The van der Waals surface area contributed by atoms with E-state index in [0.29, 0.717) is 25.1 Å².